The SMILES string of the molecule is CN(C)CCCn1cc(Nc2ncc(C=N)c(NCc3c(F)c(F)cc(N4CCOCC4=O)c3F)n2)cn1. The lowest BCUT2D eigenvalue weighted by Gasteiger charge is -2.28. The van der Waals surface area contributed by atoms with Crippen LogP contribution in [0.25, 0.3) is 0 Å². The highest BCUT2D eigenvalue weighted by Gasteiger charge is 2.27. The van der Waals surface area contributed by atoms with Gasteiger partial charge in [0.1, 0.15) is 12.4 Å². The van der Waals surface area contributed by atoms with Crippen LogP contribution in [0.5, 0.6) is 0 Å². The predicted molar refractivity (Wildman–Crippen MR) is 135 cm³/mol. The van der Waals surface area contributed by atoms with E-state index in [2.05, 4.69) is 30.6 Å². The van der Waals surface area contributed by atoms with Crippen LogP contribution in [0.4, 0.5) is 36.3 Å². The molecule has 0 bridgehead atoms. The van der Waals surface area contributed by atoms with Gasteiger partial charge in [-0.1, -0.05) is 0 Å². The maximum Gasteiger partial charge on any atom is 0.253 e. The molecular formula is C24H28F3N9O2. The summed E-state index contributed by atoms with van der Waals surface area (Å²) in [5.74, 6) is -4.05. The summed E-state index contributed by atoms with van der Waals surface area (Å²) in [4.78, 5) is 23.7. The van der Waals surface area contributed by atoms with Gasteiger partial charge in [0.05, 0.1) is 29.7 Å². The van der Waals surface area contributed by atoms with Crippen LogP contribution in [0.3, 0.4) is 0 Å². The number of carbonyl (C=O) groups is 1. The number of amides is 1. The van der Waals surface area contributed by atoms with Crippen LogP contribution in [-0.4, -0.2) is 77.2 Å². The van der Waals surface area contributed by atoms with Crippen molar-refractivity contribution in [3.63, 3.8) is 0 Å². The number of anilines is 4. The molecule has 0 spiro atoms. The largest absolute Gasteiger partial charge is 0.370 e. The van der Waals surface area contributed by atoms with E-state index in [9.17, 15) is 13.6 Å². The Hall–Kier alpha value is -4.04. The van der Waals surface area contributed by atoms with E-state index in [4.69, 9.17) is 10.1 Å². The fourth-order valence-electron chi connectivity index (χ4n) is 3.87. The molecule has 38 heavy (non-hydrogen) atoms. The van der Waals surface area contributed by atoms with Gasteiger partial charge >= 0.3 is 0 Å². The molecule has 0 atom stereocenters. The van der Waals surface area contributed by atoms with Crippen molar-refractivity contribution in [2.45, 2.75) is 19.5 Å². The van der Waals surface area contributed by atoms with Crippen molar-refractivity contribution in [2.24, 2.45) is 0 Å². The zero-order valence-electron chi connectivity index (χ0n) is 21.0. The number of nitrogens with one attached hydrogen (secondary N) is 3. The summed E-state index contributed by atoms with van der Waals surface area (Å²) in [5.41, 5.74) is -0.0996. The smallest absolute Gasteiger partial charge is 0.253 e. The Bertz CT molecular complexity index is 1320. The van der Waals surface area contributed by atoms with Crippen molar-refractivity contribution in [3.05, 3.63) is 53.2 Å². The van der Waals surface area contributed by atoms with Crippen LogP contribution >= 0.6 is 0 Å². The molecule has 1 saturated heterocycles. The van der Waals surface area contributed by atoms with Gasteiger partial charge in [0.25, 0.3) is 5.91 Å². The Kier molecular flexibility index (Phi) is 8.53. The molecule has 11 nitrogen and oxygen atoms in total. The van der Waals surface area contributed by atoms with E-state index in [-0.39, 0.29) is 42.8 Å². The van der Waals surface area contributed by atoms with Crippen molar-refractivity contribution in [2.75, 3.05) is 55.9 Å². The molecule has 3 aromatic rings. The van der Waals surface area contributed by atoms with Crippen LogP contribution in [0.15, 0.2) is 24.7 Å². The fourth-order valence-corrected chi connectivity index (χ4v) is 3.87. The van der Waals surface area contributed by atoms with Crippen molar-refractivity contribution in [1.82, 2.24) is 24.6 Å². The van der Waals surface area contributed by atoms with Crippen molar-refractivity contribution >= 4 is 35.3 Å². The quantitative estimate of drug-likeness (QED) is 0.255. The fraction of sp³-hybridized carbons (Fsp3) is 0.375. The minimum Gasteiger partial charge on any atom is -0.370 e. The first-order valence-corrected chi connectivity index (χ1v) is 11.9. The van der Waals surface area contributed by atoms with Gasteiger partial charge in [-0.15, -0.1) is 0 Å². The third-order valence-corrected chi connectivity index (χ3v) is 5.79. The van der Waals surface area contributed by atoms with Gasteiger partial charge in [-0.2, -0.15) is 10.1 Å². The summed E-state index contributed by atoms with van der Waals surface area (Å²) in [6, 6.07) is 0.661. The van der Waals surface area contributed by atoms with E-state index < -0.39 is 35.5 Å². The lowest BCUT2D eigenvalue weighted by Crippen LogP contribution is -2.42. The number of aryl methyl sites for hydroxylation is 1. The Morgan fingerprint density at radius 3 is 2.79 bits per heavy atom. The molecule has 0 aliphatic carbocycles. The first-order chi connectivity index (χ1) is 18.3. The van der Waals surface area contributed by atoms with Crippen molar-refractivity contribution in [1.29, 1.82) is 5.41 Å². The molecule has 0 radical (unpaired) electrons. The van der Waals surface area contributed by atoms with E-state index in [1.807, 2.05) is 14.1 Å². The summed E-state index contributed by atoms with van der Waals surface area (Å²) in [6.07, 6.45) is 6.67. The number of carbonyl (C=O) groups excluding carboxylic acids is 1. The maximum absolute atomic E-state index is 15.3. The number of benzene rings is 1. The number of ether oxygens (including phenoxy) is 1. The van der Waals surface area contributed by atoms with Crippen LogP contribution < -0.4 is 15.5 Å². The molecule has 1 amide bonds. The van der Waals surface area contributed by atoms with Gasteiger partial charge in [0.15, 0.2) is 17.5 Å². The summed E-state index contributed by atoms with van der Waals surface area (Å²) in [7, 11) is 4.00. The summed E-state index contributed by atoms with van der Waals surface area (Å²) in [6.45, 7) is 1.03. The monoisotopic (exact) mass is 531 g/mol. The van der Waals surface area contributed by atoms with E-state index in [1.165, 1.54) is 6.20 Å². The average molecular weight is 532 g/mol. The molecule has 2 aromatic heterocycles. The normalized spacial score (nSPS) is 13.7. The minimum absolute atomic E-state index is 0.0127. The summed E-state index contributed by atoms with van der Waals surface area (Å²) in [5, 5.41) is 17.7. The molecule has 4 rings (SSSR count). The third-order valence-electron chi connectivity index (χ3n) is 5.79. The number of morpholine rings is 1. The van der Waals surface area contributed by atoms with Crippen LogP contribution in [0.1, 0.15) is 17.5 Å². The highest BCUT2D eigenvalue weighted by atomic mass is 19.2. The van der Waals surface area contributed by atoms with E-state index >= 15 is 4.39 Å². The Morgan fingerprint density at radius 2 is 2.05 bits per heavy atom. The summed E-state index contributed by atoms with van der Waals surface area (Å²) >= 11 is 0. The molecule has 1 aliphatic rings. The molecule has 3 N–H and O–H groups in total. The summed E-state index contributed by atoms with van der Waals surface area (Å²) < 4.78 is 51.1. The van der Waals surface area contributed by atoms with Gasteiger partial charge in [-0.25, -0.2) is 18.2 Å². The van der Waals surface area contributed by atoms with E-state index in [0.29, 0.717) is 11.8 Å². The molecule has 3 heterocycles. The first-order valence-electron chi connectivity index (χ1n) is 11.9. The molecule has 14 heteroatoms. The number of nitrogens with zero attached hydrogens (tertiary/aromatic N) is 6. The Labute approximate surface area is 217 Å². The van der Waals surface area contributed by atoms with Gasteiger partial charge in [-0.3, -0.25) is 9.48 Å². The maximum atomic E-state index is 15.3. The van der Waals surface area contributed by atoms with E-state index in [1.54, 1.807) is 17.1 Å². The van der Waals surface area contributed by atoms with Gasteiger partial charge < -0.3 is 30.6 Å². The standard InChI is InChI=1S/C24H28F3N9O2/c1-34(2)4-3-5-35-13-16(11-31-35)32-24-30-10-15(9-28)23(33-24)29-12-17-21(26)18(25)8-19(22(17)27)36-6-7-38-14-20(36)37/h8-11,13,28H,3-7,12,14H2,1-2H3,(H2,29,30,32,33). The van der Waals surface area contributed by atoms with Crippen molar-refractivity contribution in [3.8, 4) is 0 Å². The highest BCUT2D eigenvalue weighted by molar-refractivity contribution is 5.95. The topological polar surface area (TPSA) is 124 Å². The lowest BCUT2D eigenvalue weighted by molar-refractivity contribution is -0.125. The molecule has 1 aromatic carbocycles. The number of hydrogen-bond acceptors (Lipinski definition) is 9. The first kappa shape index (κ1) is 27.0. The second kappa shape index (κ2) is 12.0. The molecule has 1 aliphatic heterocycles. The molecule has 1 fully saturated rings. The number of rotatable bonds is 11. The van der Waals surface area contributed by atoms with Crippen LogP contribution in [0.2, 0.25) is 0 Å². The zero-order chi connectivity index (χ0) is 27.2. The lowest BCUT2D eigenvalue weighted by atomic mass is 10.1. The number of hydrogen-bond donors (Lipinski definition) is 3. The molecule has 202 valence electrons. The minimum atomic E-state index is -1.38. The highest BCUT2D eigenvalue weighted by Crippen LogP contribution is 2.29. The Balaban J connectivity index is 1.51. The van der Waals surface area contributed by atoms with Crippen molar-refractivity contribution < 1.29 is 22.7 Å². The molecule has 0 saturated carbocycles. The predicted octanol–water partition coefficient (Wildman–Crippen LogP) is 2.76. The third kappa shape index (κ3) is 6.26. The van der Waals surface area contributed by atoms with Crippen LogP contribution in [-0.2, 0) is 22.6 Å². The van der Waals surface area contributed by atoms with Crippen LogP contribution in [0, 0.1) is 22.9 Å². The molecular weight excluding hydrogens is 503 g/mol. The van der Waals surface area contributed by atoms with Gasteiger partial charge in [0, 0.05) is 49.9 Å². The zero-order valence-corrected chi connectivity index (χ0v) is 21.0. The van der Waals surface area contributed by atoms with E-state index in [0.717, 1.165) is 30.6 Å². The second-order valence-corrected chi connectivity index (χ2v) is 8.85. The van der Waals surface area contributed by atoms with Gasteiger partial charge in [0.2, 0.25) is 5.95 Å². The Morgan fingerprint density at radius 1 is 1.24 bits per heavy atom. The average Bonchev–Trinajstić information content (AvgIpc) is 3.33. The number of aromatic nitrogens is 4. The second-order valence-electron chi connectivity index (χ2n) is 8.85. The molecule has 0 unspecified atom stereocenters. The van der Waals surface area contributed by atoms with Gasteiger partial charge in [-0.05, 0) is 27.1 Å². The number of halogens is 3.